The number of benzene rings is 1. The Labute approximate surface area is 194 Å². The summed E-state index contributed by atoms with van der Waals surface area (Å²) in [6.45, 7) is 16.5. The molecule has 1 aromatic rings. The largest absolute Gasteiger partial charge is 0.376 e. The van der Waals surface area contributed by atoms with Crippen LogP contribution in [-0.4, -0.2) is 42.6 Å². The molecule has 2 bridgehead atoms. The van der Waals surface area contributed by atoms with Gasteiger partial charge in [-0.05, 0) is 32.8 Å². The lowest BCUT2D eigenvalue weighted by atomic mass is 9.77. The number of fused-ring (bicyclic) bond motifs is 2. The van der Waals surface area contributed by atoms with Crippen molar-refractivity contribution < 1.29 is 23.7 Å². The Morgan fingerprint density at radius 1 is 0.906 bits per heavy atom. The summed E-state index contributed by atoms with van der Waals surface area (Å²) in [7, 11) is 0. The van der Waals surface area contributed by atoms with Crippen molar-refractivity contribution in [1.82, 2.24) is 0 Å². The minimum absolute atomic E-state index is 0.0499. The highest BCUT2D eigenvalue weighted by molar-refractivity contribution is 5.13. The molecule has 9 atom stereocenters. The summed E-state index contributed by atoms with van der Waals surface area (Å²) in [5.41, 5.74) is 1.20. The molecular formula is C27H42O5. The van der Waals surface area contributed by atoms with Gasteiger partial charge in [0, 0.05) is 30.1 Å². The van der Waals surface area contributed by atoms with Gasteiger partial charge in [0.2, 0.25) is 0 Å². The molecule has 3 saturated heterocycles. The highest BCUT2D eigenvalue weighted by Crippen LogP contribution is 2.47. The van der Waals surface area contributed by atoms with Crippen LogP contribution in [-0.2, 0) is 30.3 Å². The molecule has 5 heteroatoms. The van der Waals surface area contributed by atoms with E-state index in [1.54, 1.807) is 0 Å². The molecule has 5 nitrogen and oxygen atoms in total. The third kappa shape index (κ3) is 5.07. The summed E-state index contributed by atoms with van der Waals surface area (Å²) in [5.74, 6) is 0.00383. The van der Waals surface area contributed by atoms with E-state index in [9.17, 15) is 0 Å². The molecule has 4 rings (SSSR count). The topological polar surface area (TPSA) is 46.2 Å². The molecule has 1 aromatic carbocycles. The quantitative estimate of drug-likeness (QED) is 0.549. The van der Waals surface area contributed by atoms with Gasteiger partial charge in [-0.3, -0.25) is 0 Å². The van der Waals surface area contributed by atoms with Crippen LogP contribution < -0.4 is 0 Å². The van der Waals surface area contributed by atoms with Crippen molar-refractivity contribution in [1.29, 1.82) is 0 Å². The number of rotatable bonds is 7. The van der Waals surface area contributed by atoms with Gasteiger partial charge in [-0.25, -0.2) is 0 Å². The molecule has 3 aliphatic heterocycles. The fraction of sp³-hybridized carbons (Fsp3) is 0.778. The van der Waals surface area contributed by atoms with Crippen LogP contribution in [0.2, 0.25) is 0 Å². The van der Waals surface area contributed by atoms with Crippen molar-refractivity contribution in [2.45, 2.75) is 104 Å². The Balaban J connectivity index is 1.42. The average molecular weight is 447 g/mol. The number of ether oxygens (including phenoxy) is 5. The average Bonchev–Trinajstić information content (AvgIpc) is 3.09. The third-order valence-corrected chi connectivity index (χ3v) is 7.74. The lowest BCUT2D eigenvalue weighted by Gasteiger charge is -2.52. The van der Waals surface area contributed by atoms with E-state index < -0.39 is 11.6 Å². The zero-order chi connectivity index (χ0) is 23.1. The van der Waals surface area contributed by atoms with Crippen LogP contribution in [0.1, 0.15) is 66.9 Å². The molecule has 0 spiro atoms. The molecule has 3 fully saturated rings. The maximum Gasteiger partial charge on any atom is 0.166 e. The summed E-state index contributed by atoms with van der Waals surface area (Å²) in [6.07, 6.45) is 2.56. The van der Waals surface area contributed by atoms with Gasteiger partial charge in [0.05, 0.1) is 37.6 Å². The molecule has 0 N–H and O–H groups in total. The van der Waals surface area contributed by atoms with E-state index in [1.807, 2.05) is 32.0 Å². The molecule has 0 radical (unpaired) electrons. The first-order chi connectivity index (χ1) is 15.1. The van der Waals surface area contributed by atoms with Crippen LogP contribution in [0.25, 0.3) is 0 Å². The van der Waals surface area contributed by atoms with Crippen molar-refractivity contribution in [3.05, 3.63) is 35.9 Å². The number of hydrogen-bond donors (Lipinski definition) is 0. The van der Waals surface area contributed by atoms with E-state index in [2.05, 4.69) is 46.8 Å². The molecule has 0 aromatic heterocycles. The van der Waals surface area contributed by atoms with Crippen LogP contribution in [0.4, 0.5) is 0 Å². The molecule has 3 heterocycles. The van der Waals surface area contributed by atoms with Crippen molar-refractivity contribution >= 4 is 0 Å². The fourth-order valence-corrected chi connectivity index (χ4v) is 6.02. The van der Waals surface area contributed by atoms with Gasteiger partial charge in [-0.2, -0.15) is 0 Å². The monoisotopic (exact) mass is 446 g/mol. The third-order valence-electron chi connectivity index (χ3n) is 7.74. The highest BCUT2D eigenvalue weighted by Gasteiger charge is 2.54. The second-order valence-corrected chi connectivity index (χ2v) is 11.0. The lowest BCUT2D eigenvalue weighted by Crippen LogP contribution is -2.58. The van der Waals surface area contributed by atoms with Crippen LogP contribution >= 0.6 is 0 Å². The molecule has 180 valence electrons. The first-order valence-corrected chi connectivity index (χ1v) is 12.4. The van der Waals surface area contributed by atoms with Gasteiger partial charge in [0.1, 0.15) is 0 Å². The Kier molecular flexibility index (Phi) is 7.05. The van der Waals surface area contributed by atoms with Gasteiger partial charge in [0.15, 0.2) is 11.6 Å². The van der Waals surface area contributed by atoms with Crippen LogP contribution in [0.15, 0.2) is 30.3 Å². The van der Waals surface area contributed by atoms with Crippen LogP contribution in [0, 0.1) is 23.7 Å². The van der Waals surface area contributed by atoms with Crippen molar-refractivity contribution in [3.63, 3.8) is 0 Å². The lowest BCUT2D eigenvalue weighted by molar-refractivity contribution is -0.355. The standard InChI is InChI=1S/C27H42O5/c1-17(15-28-16-21-11-9-8-10-12-21)23-19(3)25(31-26(5,6)30-23)20(4)24-18(2)22-13-14-27(7,29-22)32-24/h8-12,17-20,22-25H,13-16H2,1-7H3/t17-,18?,19+,20-,22?,23-,24?,25+,27?/m0/s1. The van der Waals surface area contributed by atoms with Crippen LogP contribution in [0.3, 0.4) is 0 Å². The smallest absolute Gasteiger partial charge is 0.166 e. The summed E-state index contributed by atoms with van der Waals surface area (Å²) in [5, 5.41) is 0. The highest BCUT2D eigenvalue weighted by atomic mass is 16.7. The summed E-state index contributed by atoms with van der Waals surface area (Å²) < 4.78 is 31.8. The second-order valence-electron chi connectivity index (χ2n) is 11.0. The normalized spacial score (nSPS) is 40.7. The molecule has 4 unspecified atom stereocenters. The maximum absolute atomic E-state index is 6.55. The van der Waals surface area contributed by atoms with Gasteiger partial charge < -0.3 is 23.7 Å². The molecule has 0 aliphatic carbocycles. The predicted octanol–water partition coefficient (Wildman–Crippen LogP) is 5.56. The van der Waals surface area contributed by atoms with E-state index in [-0.39, 0.29) is 42.2 Å². The van der Waals surface area contributed by atoms with E-state index in [0.717, 1.165) is 12.8 Å². The van der Waals surface area contributed by atoms with E-state index in [4.69, 9.17) is 23.7 Å². The van der Waals surface area contributed by atoms with Gasteiger partial charge >= 0.3 is 0 Å². The van der Waals surface area contributed by atoms with Crippen LogP contribution in [0.5, 0.6) is 0 Å². The molecular weight excluding hydrogens is 404 g/mol. The zero-order valence-electron chi connectivity index (χ0n) is 20.9. The SMILES string of the molecule is CC1C2CCC(C)(O2)OC1[C@H](C)[C@@H]1OC(C)(C)O[C@@H]([C@@H](C)COCc2ccccc2)[C@H]1C. The Bertz CT molecular complexity index is 752. The van der Waals surface area contributed by atoms with E-state index >= 15 is 0 Å². The summed E-state index contributed by atoms with van der Waals surface area (Å²) >= 11 is 0. The first kappa shape index (κ1) is 24.2. The Morgan fingerprint density at radius 3 is 2.28 bits per heavy atom. The second kappa shape index (κ2) is 9.34. The minimum atomic E-state index is -0.638. The summed E-state index contributed by atoms with van der Waals surface area (Å²) in [6, 6.07) is 10.3. The van der Waals surface area contributed by atoms with E-state index in [0.29, 0.717) is 19.1 Å². The summed E-state index contributed by atoms with van der Waals surface area (Å²) in [4.78, 5) is 0. The van der Waals surface area contributed by atoms with Gasteiger partial charge in [-0.15, -0.1) is 0 Å². The molecule has 32 heavy (non-hydrogen) atoms. The van der Waals surface area contributed by atoms with Gasteiger partial charge in [0.25, 0.3) is 0 Å². The zero-order valence-corrected chi connectivity index (χ0v) is 20.9. The Hall–Kier alpha value is -0.980. The maximum atomic E-state index is 6.55. The van der Waals surface area contributed by atoms with E-state index in [1.165, 1.54) is 5.56 Å². The fourth-order valence-electron chi connectivity index (χ4n) is 6.02. The van der Waals surface area contributed by atoms with Gasteiger partial charge in [-0.1, -0.05) is 58.0 Å². The van der Waals surface area contributed by atoms with Crippen molar-refractivity contribution in [2.75, 3.05) is 6.61 Å². The molecule has 0 saturated carbocycles. The molecule has 0 amide bonds. The Morgan fingerprint density at radius 2 is 1.56 bits per heavy atom. The van der Waals surface area contributed by atoms with Crippen molar-refractivity contribution in [3.8, 4) is 0 Å². The first-order valence-electron chi connectivity index (χ1n) is 12.4. The number of hydrogen-bond acceptors (Lipinski definition) is 5. The minimum Gasteiger partial charge on any atom is -0.376 e. The predicted molar refractivity (Wildman–Crippen MR) is 124 cm³/mol. The molecule has 3 aliphatic rings. The van der Waals surface area contributed by atoms with Crippen molar-refractivity contribution in [2.24, 2.45) is 23.7 Å².